The molecule has 0 saturated heterocycles. The van der Waals surface area contributed by atoms with Crippen molar-refractivity contribution in [3.8, 4) is 0 Å². The average Bonchev–Trinajstić information content (AvgIpc) is 2.42. The molecule has 0 heterocycles. The fourth-order valence-corrected chi connectivity index (χ4v) is 1.83. The van der Waals surface area contributed by atoms with E-state index in [0.29, 0.717) is 13.2 Å². The minimum atomic E-state index is -0.225. The zero-order valence-electron chi connectivity index (χ0n) is 12.7. The smallest absolute Gasteiger partial charge is 0.123 e. The minimum absolute atomic E-state index is 0.0714. The maximum atomic E-state index is 13.0. The van der Waals surface area contributed by atoms with E-state index in [2.05, 4.69) is 12.2 Å². The van der Waals surface area contributed by atoms with Crippen LogP contribution in [-0.4, -0.2) is 32.4 Å². The molecule has 0 radical (unpaired) electrons. The Bertz CT molecular complexity index is 354. The molecule has 0 aromatic heterocycles. The summed E-state index contributed by atoms with van der Waals surface area (Å²) in [5.74, 6) is -0.225. The van der Waals surface area contributed by atoms with Crippen molar-refractivity contribution in [3.63, 3.8) is 0 Å². The summed E-state index contributed by atoms with van der Waals surface area (Å²) in [5.41, 5.74) is 0.986. The molecule has 1 aromatic rings. The van der Waals surface area contributed by atoms with Gasteiger partial charge in [0.05, 0.1) is 25.4 Å². The second kappa shape index (κ2) is 9.86. The molecule has 0 aliphatic rings. The van der Waals surface area contributed by atoms with Gasteiger partial charge in [0.1, 0.15) is 5.82 Å². The molecule has 1 unspecified atom stereocenters. The van der Waals surface area contributed by atoms with E-state index < -0.39 is 0 Å². The van der Waals surface area contributed by atoms with E-state index in [-0.39, 0.29) is 18.0 Å². The first-order chi connectivity index (χ1) is 9.63. The van der Waals surface area contributed by atoms with Crippen LogP contribution >= 0.6 is 0 Å². The van der Waals surface area contributed by atoms with Crippen LogP contribution in [0.2, 0.25) is 0 Å². The van der Waals surface area contributed by atoms with E-state index in [0.717, 1.165) is 25.1 Å². The van der Waals surface area contributed by atoms with Gasteiger partial charge in [-0.2, -0.15) is 0 Å². The molecule has 0 amide bonds. The van der Waals surface area contributed by atoms with Gasteiger partial charge < -0.3 is 14.8 Å². The van der Waals surface area contributed by atoms with E-state index in [1.54, 1.807) is 12.1 Å². The first-order valence-electron chi connectivity index (χ1n) is 7.32. The monoisotopic (exact) mass is 283 g/mol. The molecule has 1 N–H and O–H groups in total. The van der Waals surface area contributed by atoms with Crippen LogP contribution < -0.4 is 5.32 Å². The zero-order chi connectivity index (χ0) is 14.8. The summed E-state index contributed by atoms with van der Waals surface area (Å²) in [4.78, 5) is 0. The first-order valence-corrected chi connectivity index (χ1v) is 7.32. The molecule has 1 rings (SSSR count). The van der Waals surface area contributed by atoms with Crippen LogP contribution in [-0.2, 0) is 9.47 Å². The highest BCUT2D eigenvalue weighted by Gasteiger charge is 2.11. The Morgan fingerprint density at radius 2 is 1.75 bits per heavy atom. The summed E-state index contributed by atoms with van der Waals surface area (Å²) in [6, 6.07) is 6.49. The van der Waals surface area contributed by atoms with Gasteiger partial charge in [-0.3, -0.25) is 0 Å². The number of ether oxygens (including phenoxy) is 2. The lowest BCUT2D eigenvalue weighted by Crippen LogP contribution is -2.25. The number of hydrogen-bond acceptors (Lipinski definition) is 3. The van der Waals surface area contributed by atoms with Crippen molar-refractivity contribution in [2.24, 2.45) is 0 Å². The van der Waals surface area contributed by atoms with E-state index in [9.17, 15) is 4.39 Å². The van der Waals surface area contributed by atoms with Crippen molar-refractivity contribution in [1.82, 2.24) is 5.32 Å². The highest BCUT2D eigenvalue weighted by atomic mass is 19.1. The number of benzene rings is 1. The molecule has 0 spiro atoms. The average molecular weight is 283 g/mol. The zero-order valence-corrected chi connectivity index (χ0v) is 12.7. The SMILES string of the molecule is CCCNCC(OCCOC(C)C)c1ccc(F)cc1. The molecule has 0 aliphatic carbocycles. The molecule has 0 aliphatic heterocycles. The van der Waals surface area contributed by atoms with Gasteiger partial charge in [0.15, 0.2) is 0 Å². The first kappa shape index (κ1) is 17.1. The lowest BCUT2D eigenvalue weighted by Gasteiger charge is -2.19. The van der Waals surface area contributed by atoms with Gasteiger partial charge in [-0.05, 0) is 44.5 Å². The van der Waals surface area contributed by atoms with Gasteiger partial charge in [0.25, 0.3) is 0 Å². The summed E-state index contributed by atoms with van der Waals surface area (Å²) in [5, 5.41) is 3.34. The Balaban J connectivity index is 2.48. The second-order valence-corrected chi connectivity index (χ2v) is 5.03. The van der Waals surface area contributed by atoms with Crippen molar-refractivity contribution >= 4 is 0 Å². The van der Waals surface area contributed by atoms with Gasteiger partial charge >= 0.3 is 0 Å². The summed E-state index contributed by atoms with van der Waals surface area (Å²) in [6.45, 7) is 8.90. The molecular weight excluding hydrogens is 257 g/mol. The highest BCUT2D eigenvalue weighted by Crippen LogP contribution is 2.17. The van der Waals surface area contributed by atoms with Crippen molar-refractivity contribution in [2.45, 2.75) is 39.4 Å². The standard InChI is InChI=1S/C16H26FNO2/c1-4-9-18-12-16(20-11-10-19-13(2)3)14-5-7-15(17)8-6-14/h5-8,13,16,18H,4,9-12H2,1-3H3. The molecule has 0 saturated carbocycles. The van der Waals surface area contributed by atoms with Gasteiger partial charge in [0, 0.05) is 6.54 Å². The lowest BCUT2D eigenvalue weighted by atomic mass is 10.1. The van der Waals surface area contributed by atoms with E-state index >= 15 is 0 Å². The number of hydrogen-bond donors (Lipinski definition) is 1. The molecule has 114 valence electrons. The van der Waals surface area contributed by atoms with Gasteiger partial charge in [-0.25, -0.2) is 4.39 Å². The molecular formula is C16H26FNO2. The molecule has 1 aromatic carbocycles. The van der Waals surface area contributed by atoms with Crippen LogP contribution in [0.1, 0.15) is 38.9 Å². The fourth-order valence-electron chi connectivity index (χ4n) is 1.83. The minimum Gasteiger partial charge on any atom is -0.376 e. The molecule has 1 atom stereocenters. The van der Waals surface area contributed by atoms with Crippen molar-refractivity contribution in [3.05, 3.63) is 35.6 Å². The highest BCUT2D eigenvalue weighted by molar-refractivity contribution is 5.19. The van der Waals surface area contributed by atoms with E-state index in [1.807, 2.05) is 13.8 Å². The third kappa shape index (κ3) is 6.98. The Kier molecular flexibility index (Phi) is 8.42. The van der Waals surface area contributed by atoms with Crippen molar-refractivity contribution in [2.75, 3.05) is 26.3 Å². The Labute approximate surface area is 121 Å². The Morgan fingerprint density at radius 3 is 2.35 bits per heavy atom. The molecule has 0 bridgehead atoms. The Hall–Kier alpha value is -0.970. The van der Waals surface area contributed by atoms with Crippen molar-refractivity contribution < 1.29 is 13.9 Å². The third-order valence-corrected chi connectivity index (χ3v) is 2.85. The number of rotatable bonds is 10. The van der Waals surface area contributed by atoms with Gasteiger partial charge in [-0.15, -0.1) is 0 Å². The molecule has 3 nitrogen and oxygen atoms in total. The number of halogens is 1. The molecule has 0 fully saturated rings. The summed E-state index contributed by atoms with van der Waals surface area (Å²) < 4.78 is 24.3. The Morgan fingerprint density at radius 1 is 1.10 bits per heavy atom. The van der Waals surface area contributed by atoms with Crippen molar-refractivity contribution in [1.29, 1.82) is 0 Å². The van der Waals surface area contributed by atoms with Crippen LogP contribution in [0.5, 0.6) is 0 Å². The van der Waals surface area contributed by atoms with E-state index in [1.165, 1.54) is 12.1 Å². The summed E-state index contributed by atoms with van der Waals surface area (Å²) in [6.07, 6.45) is 1.21. The maximum Gasteiger partial charge on any atom is 0.123 e. The van der Waals surface area contributed by atoms with Crippen LogP contribution in [0.25, 0.3) is 0 Å². The fraction of sp³-hybridized carbons (Fsp3) is 0.625. The molecule has 4 heteroatoms. The lowest BCUT2D eigenvalue weighted by molar-refractivity contribution is -0.0129. The normalized spacial score (nSPS) is 12.8. The summed E-state index contributed by atoms with van der Waals surface area (Å²) in [7, 11) is 0. The van der Waals surface area contributed by atoms with Crippen LogP contribution in [0.3, 0.4) is 0 Å². The van der Waals surface area contributed by atoms with Gasteiger partial charge in [-0.1, -0.05) is 19.1 Å². The van der Waals surface area contributed by atoms with Crippen LogP contribution in [0.4, 0.5) is 4.39 Å². The van der Waals surface area contributed by atoms with Crippen LogP contribution in [0.15, 0.2) is 24.3 Å². The van der Waals surface area contributed by atoms with E-state index in [4.69, 9.17) is 9.47 Å². The number of nitrogens with one attached hydrogen (secondary N) is 1. The predicted molar refractivity (Wildman–Crippen MR) is 79.3 cm³/mol. The predicted octanol–water partition coefficient (Wildman–Crippen LogP) is 3.31. The quantitative estimate of drug-likeness (QED) is 0.668. The maximum absolute atomic E-state index is 13.0. The van der Waals surface area contributed by atoms with Crippen LogP contribution in [0, 0.1) is 5.82 Å². The van der Waals surface area contributed by atoms with Gasteiger partial charge in [0.2, 0.25) is 0 Å². The largest absolute Gasteiger partial charge is 0.376 e. The third-order valence-electron chi connectivity index (χ3n) is 2.85. The molecule has 20 heavy (non-hydrogen) atoms. The second-order valence-electron chi connectivity index (χ2n) is 5.03. The topological polar surface area (TPSA) is 30.5 Å². The summed E-state index contributed by atoms with van der Waals surface area (Å²) >= 11 is 0.